The fourth-order valence-electron chi connectivity index (χ4n) is 3.79. The number of aliphatic hydroxyl groups excluding tert-OH is 1. The molecule has 1 aromatic rings. The van der Waals surface area contributed by atoms with Crippen molar-refractivity contribution in [1.29, 1.82) is 0 Å². The van der Waals surface area contributed by atoms with Gasteiger partial charge in [-0.2, -0.15) is 0 Å². The van der Waals surface area contributed by atoms with E-state index >= 15 is 0 Å². The molecule has 7 nitrogen and oxygen atoms in total. The van der Waals surface area contributed by atoms with Crippen molar-refractivity contribution in [1.82, 2.24) is 20.0 Å². The number of nitrogens with zero attached hydrogens (tertiary/aromatic N) is 3. The lowest BCUT2D eigenvalue weighted by Crippen LogP contribution is -2.53. The van der Waals surface area contributed by atoms with Gasteiger partial charge < -0.3 is 20.1 Å². The van der Waals surface area contributed by atoms with E-state index in [-0.39, 0.29) is 18.7 Å². The molecule has 0 saturated carbocycles. The SMILES string of the molecule is CC(CCN1CCOCC1)NC(=O)N1CCN(Cc2ccccc2CO)CC1. The first-order valence-corrected chi connectivity index (χ1v) is 10.4. The second-order valence-corrected chi connectivity index (χ2v) is 7.78. The van der Waals surface area contributed by atoms with E-state index in [2.05, 4.69) is 28.1 Å². The van der Waals surface area contributed by atoms with Gasteiger partial charge in [0.2, 0.25) is 0 Å². The zero-order valence-corrected chi connectivity index (χ0v) is 17.0. The molecule has 1 aromatic carbocycles. The number of amides is 2. The molecule has 0 aliphatic carbocycles. The van der Waals surface area contributed by atoms with Crippen LogP contribution in [0.15, 0.2) is 24.3 Å². The van der Waals surface area contributed by atoms with Gasteiger partial charge in [-0.05, 0) is 24.5 Å². The van der Waals surface area contributed by atoms with Crippen LogP contribution < -0.4 is 5.32 Å². The molecule has 28 heavy (non-hydrogen) atoms. The van der Waals surface area contributed by atoms with Crippen molar-refractivity contribution < 1.29 is 14.6 Å². The van der Waals surface area contributed by atoms with Crippen LogP contribution in [0.2, 0.25) is 0 Å². The van der Waals surface area contributed by atoms with E-state index in [1.807, 2.05) is 23.1 Å². The van der Waals surface area contributed by atoms with E-state index in [1.54, 1.807) is 0 Å². The number of ether oxygens (including phenoxy) is 1. The van der Waals surface area contributed by atoms with E-state index in [1.165, 1.54) is 5.56 Å². The maximum atomic E-state index is 12.6. The van der Waals surface area contributed by atoms with Crippen LogP contribution in [-0.2, 0) is 17.9 Å². The molecule has 0 aromatic heterocycles. The number of rotatable bonds is 7. The Hall–Kier alpha value is -1.67. The molecule has 2 aliphatic rings. The molecule has 0 spiro atoms. The van der Waals surface area contributed by atoms with Crippen LogP contribution in [0.4, 0.5) is 4.79 Å². The minimum Gasteiger partial charge on any atom is -0.392 e. The fourth-order valence-corrected chi connectivity index (χ4v) is 3.79. The van der Waals surface area contributed by atoms with Gasteiger partial charge in [-0.25, -0.2) is 4.79 Å². The summed E-state index contributed by atoms with van der Waals surface area (Å²) in [7, 11) is 0. The topological polar surface area (TPSA) is 68.3 Å². The number of morpholine rings is 1. The van der Waals surface area contributed by atoms with Crippen LogP contribution in [0.25, 0.3) is 0 Å². The molecule has 2 aliphatic heterocycles. The summed E-state index contributed by atoms with van der Waals surface area (Å²) in [6.07, 6.45) is 0.962. The first-order chi connectivity index (χ1) is 13.7. The summed E-state index contributed by atoms with van der Waals surface area (Å²) in [5.41, 5.74) is 2.15. The molecule has 2 amide bonds. The predicted octanol–water partition coefficient (Wildman–Crippen LogP) is 1.12. The summed E-state index contributed by atoms with van der Waals surface area (Å²) in [5.74, 6) is 0. The van der Waals surface area contributed by atoms with Crippen molar-refractivity contribution in [2.75, 3.05) is 59.0 Å². The first kappa shape index (κ1) is 21.0. The molecule has 156 valence electrons. The van der Waals surface area contributed by atoms with E-state index < -0.39 is 0 Å². The predicted molar refractivity (Wildman–Crippen MR) is 109 cm³/mol. The average Bonchev–Trinajstić information content (AvgIpc) is 2.74. The molecule has 1 atom stereocenters. The lowest BCUT2D eigenvalue weighted by molar-refractivity contribution is 0.0364. The zero-order chi connectivity index (χ0) is 19.8. The summed E-state index contributed by atoms with van der Waals surface area (Å²) in [4.78, 5) is 19.2. The van der Waals surface area contributed by atoms with Crippen molar-refractivity contribution >= 4 is 6.03 Å². The number of carbonyl (C=O) groups is 1. The lowest BCUT2D eigenvalue weighted by atomic mass is 10.1. The van der Waals surface area contributed by atoms with Gasteiger partial charge in [-0.15, -0.1) is 0 Å². The van der Waals surface area contributed by atoms with Gasteiger partial charge in [0.1, 0.15) is 0 Å². The summed E-state index contributed by atoms with van der Waals surface area (Å²) in [6.45, 7) is 10.8. The molecule has 7 heteroatoms. The summed E-state index contributed by atoms with van der Waals surface area (Å²) in [5, 5.41) is 12.6. The van der Waals surface area contributed by atoms with Gasteiger partial charge in [0, 0.05) is 58.4 Å². The van der Waals surface area contributed by atoms with E-state index in [9.17, 15) is 9.90 Å². The Balaban J connectivity index is 1.37. The highest BCUT2D eigenvalue weighted by atomic mass is 16.5. The van der Waals surface area contributed by atoms with Crippen molar-refractivity contribution in [2.45, 2.75) is 32.5 Å². The molecular weight excluding hydrogens is 356 g/mol. The maximum absolute atomic E-state index is 12.6. The Morgan fingerprint density at radius 2 is 1.75 bits per heavy atom. The van der Waals surface area contributed by atoms with Crippen LogP contribution in [0, 0.1) is 0 Å². The van der Waals surface area contributed by atoms with Crippen molar-refractivity contribution in [3.8, 4) is 0 Å². The number of aliphatic hydroxyl groups is 1. The third-order valence-electron chi connectivity index (χ3n) is 5.69. The Morgan fingerprint density at radius 3 is 2.43 bits per heavy atom. The Kier molecular flexibility index (Phi) is 8.09. The Morgan fingerprint density at radius 1 is 1.07 bits per heavy atom. The molecule has 3 rings (SSSR count). The molecule has 2 heterocycles. The van der Waals surface area contributed by atoms with Gasteiger partial charge in [0.25, 0.3) is 0 Å². The van der Waals surface area contributed by atoms with Crippen molar-refractivity contribution in [3.05, 3.63) is 35.4 Å². The van der Waals surface area contributed by atoms with Crippen molar-refractivity contribution in [3.63, 3.8) is 0 Å². The Bertz CT molecular complexity index is 613. The van der Waals surface area contributed by atoms with E-state index in [0.29, 0.717) is 0 Å². The smallest absolute Gasteiger partial charge is 0.317 e. The third-order valence-corrected chi connectivity index (χ3v) is 5.69. The number of hydrogen-bond donors (Lipinski definition) is 2. The van der Waals surface area contributed by atoms with Gasteiger partial charge in [0.05, 0.1) is 19.8 Å². The van der Waals surface area contributed by atoms with E-state index in [4.69, 9.17) is 4.74 Å². The number of carbonyl (C=O) groups excluding carboxylic acids is 1. The van der Waals surface area contributed by atoms with Gasteiger partial charge in [-0.1, -0.05) is 24.3 Å². The number of urea groups is 1. The summed E-state index contributed by atoms with van der Waals surface area (Å²) < 4.78 is 5.37. The molecule has 2 saturated heterocycles. The third kappa shape index (κ3) is 6.17. The minimum absolute atomic E-state index is 0.0462. The summed E-state index contributed by atoms with van der Waals surface area (Å²) in [6, 6.07) is 8.22. The molecule has 0 radical (unpaired) electrons. The van der Waals surface area contributed by atoms with Crippen LogP contribution in [0.3, 0.4) is 0 Å². The quantitative estimate of drug-likeness (QED) is 0.730. The van der Waals surface area contributed by atoms with Gasteiger partial charge >= 0.3 is 6.03 Å². The standard InChI is InChI=1S/C21H34N4O3/c1-18(6-7-23-12-14-28-15-13-23)22-21(27)25-10-8-24(9-11-25)16-19-4-2-3-5-20(19)17-26/h2-5,18,26H,6-17H2,1H3,(H,22,27). The maximum Gasteiger partial charge on any atom is 0.317 e. The van der Waals surface area contributed by atoms with Crippen LogP contribution in [0.1, 0.15) is 24.5 Å². The van der Waals surface area contributed by atoms with E-state index in [0.717, 1.165) is 77.6 Å². The number of hydrogen-bond acceptors (Lipinski definition) is 5. The minimum atomic E-state index is 0.0462. The van der Waals surface area contributed by atoms with Crippen LogP contribution >= 0.6 is 0 Å². The van der Waals surface area contributed by atoms with Crippen molar-refractivity contribution in [2.24, 2.45) is 0 Å². The highest BCUT2D eigenvalue weighted by Gasteiger charge is 2.22. The largest absolute Gasteiger partial charge is 0.392 e. The molecular formula is C21H34N4O3. The number of benzene rings is 1. The summed E-state index contributed by atoms with van der Waals surface area (Å²) >= 11 is 0. The molecule has 2 fully saturated rings. The molecule has 0 bridgehead atoms. The number of nitrogens with one attached hydrogen (secondary N) is 1. The average molecular weight is 391 g/mol. The highest BCUT2D eigenvalue weighted by Crippen LogP contribution is 2.14. The second kappa shape index (κ2) is 10.8. The van der Waals surface area contributed by atoms with Crippen LogP contribution in [0.5, 0.6) is 0 Å². The van der Waals surface area contributed by atoms with Gasteiger partial charge in [0.15, 0.2) is 0 Å². The van der Waals surface area contributed by atoms with Gasteiger partial charge in [-0.3, -0.25) is 9.80 Å². The molecule has 1 unspecified atom stereocenters. The normalized spacial score (nSPS) is 20.1. The second-order valence-electron chi connectivity index (χ2n) is 7.78. The molecule has 2 N–H and O–H groups in total. The lowest BCUT2D eigenvalue weighted by Gasteiger charge is -2.35. The monoisotopic (exact) mass is 390 g/mol. The number of piperazine rings is 1. The fraction of sp³-hybridized carbons (Fsp3) is 0.667. The highest BCUT2D eigenvalue weighted by molar-refractivity contribution is 5.74. The zero-order valence-electron chi connectivity index (χ0n) is 17.0. The van der Waals surface area contributed by atoms with Crippen LogP contribution in [-0.4, -0.2) is 90.9 Å². The first-order valence-electron chi connectivity index (χ1n) is 10.4. The Labute approximate surface area is 168 Å².